The molecule has 1 aromatic heterocycles. The van der Waals surface area contributed by atoms with Crippen LogP contribution in [0.3, 0.4) is 0 Å². The fraction of sp³-hybridized carbons (Fsp3) is 0.188. The average Bonchev–Trinajstić information content (AvgIpc) is 2.43. The van der Waals surface area contributed by atoms with Crippen molar-refractivity contribution in [2.75, 3.05) is 5.32 Å². The Morgan fingerprint density at radius 2 is 1.67 bits per heavy atom. The number of hydrogen-bond acceptors (Lipinski definition) is 3. The summed E-state index contributed by atoms with van der Waals surface area (Å²) in [5, 5.41) is 12.1. The zero-order valence-electron chi connectivity index (χ0n) is 12.1. The van der Waals surface area contributed by atoms with Crippen molar-refractivity contribution < 1.29 is 14.7 Å². The van der Waals surface area contributed by atoms with Crippen LogP contribution in [0, 0.1) is 20.8 Å². The molecule has 2 aromatic rings. The number of nitrogens with one attached hydrogen (secondary N) is 1. The van der Waals surface area contributed by atoms with Gasteiger partial charge in [0.1, 0.15) is 0 Å². The van der Waals surface area contributed by atoms with Crippen LogP contribution in [0.1, 0.15) is 37.5 Å². The second-order valence-corrected chi connectivity index (χ2v) is 4.85. The largest absolute Gasteiger partial charge is 0.478 e. The molecule has 0 aliphatic rings. The molecular weight excluding hydrogens is 268 g/mol. The number of amides is 1. The van der Waals surface area contributed by atoms with Crippen LogP contribution in [-0.4, -0.2) is 22.0 Å². The van der Waals surface area contributed by atoms with Crippen LogP contribution in [0.15, 0.2) is 30.5 Å². The number of pyridine rings is 1. The van der Waals surface area contributed by atoms with Crippen LogP contribution < -0.4 is 5.32 Å². The summed E-state index contributed by atoms with van der Waals surface area (Å²) in [6.07, 6.45) is 1.63. The van der Waals surface area contributed by atoms with E-state index in [9.17, 15) is 14.7 Å². The number of carbonyl (C=O) groups excluding carboxylic acids is 1. The van der Waals surface area contributed by atoms with Crippen LogP contribution >= 0.6 is 0 Å². The first-order valence-electron chi connectivity index (χ1n) is 6.48. The lowest BCUT2D eigenvalue weighted by atomic mass is 9.96. The average molecular weight is 284 g/mol. The summed E-state index contributed by atoms with van der Waals surface area (Å²) in [5.74, 6) is -1.55. The normalized spacial score (nSPS) is 10.2. The third kappa shape index (κ3) is 2.91. The highest BCUT2D eigenvalue weighted by Gasteiger charge is 2.21. The van der Waals surface area contributed by atoms with Crippen molar-refractivity contribution in [1.82, 2.24) is 4.98 Å². The van der Waals surface area contributed by atoms with Crippen LogP contribution in [0.2, 0.25) is 0 Å². The molecule has 21 heavy (non-hydrogen) atoms. The molecule has 0 saturated heterocycles. The SMILES string of the molecule is Cc1ccc(C)c(C(=O)Nc2cccnc2C)c1C(=O)O. The Labute approximate surface area is 122 Å². The third-order valence-electron chi connectivity index (χ3n) is 3.32. The van der Waals surface area contributed by atoms with Gasteiger partial charge in [-0.05, 0) is 44.0 Å². The molecule has 0 radical (unpaired) electrons. The lowest BCUT2D eigenvalue weighted by molar-refractivity contribution is 0.0691. The Morgan fingerprint density at radius 1 is 1.05 bits per heavy atom. The van der Waals surface area contributed by atoms with Crippen molar-refractivity contribution in [3.8, 4) is 0 Å². The van der Waals surface area contributed by atoms with Crippen LogP contribution in [0.25, 0.3) is 0 Å². The zero-order chi connectivity index (χ0) is 15.6. The molecule has 0 fully saturated rings. The van der Waals surface area contributed by atoms with Gasteiger partial charge in [0.2, 0.25) is 0 Å². The van der Waals surface area contributed by atoms with E-state index in [2.05, 4.69) is 10.3 Å². The van der Waals surface area contributed by atoms with Crippen LogP contribution in [0.5, 0.6) is 0 Å². The zero-order valence-corrected chi connectivity index (χ0v) is 12.1. The molecule has 0 atom stereocenters. The maximum Gasteiger partial charge on any atom is 0.336 e. The van der Waals surface area contributed by atoms with Crippen molar-refractivity contribution in [2.24, 2.45) is 0 Å². The molecule has 5 nitrogen and oxygen atoms in total. The van der Waals surface area contributed by atoms with E-state index in [-0.39, 0.29) is 11.1 Å². The predicted molar refractivity (Wildman–Crippen MR) is 79.8 cm³/mol. The maximum absolute atomic E-state index is 12.5. The molecular formula is C16H16N2O3. The topological polar surface area (TPSA) is 79.3 Å². The standard InChI is InChI=1S/C16H16N2O3/c1-9-6-7-10(2)14(16(20)21)13(9)15(19)18-12-5-4-8-17-11(12)3/h4-8H,1-3H3,(H,18,19)(H,20,21). The summed E-state index contributed by atoms with van der Waals surface area (Å²) in [7, 11) is 0. The second kappa shape index (κ2) is 5.75. The molecule has 108 valence electrons. The summed E-state index contributed by atoms with van der Waals surface area (Å²) in [4.78, 5) is 28.0. The van der Waals surface area contributed by atoms with Gasteiger partial charge >= 0.3 is 5.97 Å². The third-order valence-corrected chi connectivity index (χ3v) is 3.32. The van der Waals surface area contributed by atoms with Gasteiger partial charge in [0.25, 0.3) is 5.91 Å². The molecule has 0 saturated carbocycles. The lowest BCUT2D eigenvalue weighted by Gasteiger charge is -2.13. The summed E-state index contributed by atoms with van der Waals surface area (Å²) in [6, 6.07) is 6.88. The minimum Gasteiger partial charge on any atom is -0.478 e. The van der Waals surface area contributed by atoms with Gasteiger partial charge in [-0.15, -0.1) is 0 Å². The Morgan fingerprint density at radius 3 is 2.24 bits per heavy atom. The number of aromatic nitrogens is 1. The van der Waals surface area contributed by atoms with E-state index in [1.54, 1.807) is 51.2 Å². The molecule has 0 spiro atoms. The van der Waals surface area contributed by atoms with Crippen molar-refractivity contribution in [3.05, 3.63) is 58.4 Å². The Bertz CT molecular complexity index is 723. The fourth-order valence-electron chi connectivity index (χ4n) is 2.18. The number of aromatic carboxylic acids is 1. The van der Waals surface area contributed by atoms with Crippen molar-refractivity contribution >= 4 is 17.6 Å². The number of anilines is 1. The Hall–Kier alpha value is -2.69. The van der Waals surface area contributed by atoms with Crippen LogP contribution in [-0.2, 0) is 0 Å². The van der Waals surface area contributed by atoms with E-state index in [1.807, 2.05) is 0 Å². The summed E-state index contributed by atoms with van der Waals surface area (Å²) in [6.45, 7) is 5.17. The molecule has 0 unspecified atom stereocenters. The fourth-order valence-corrected chi connectivity index (χ4v) is 2.18. The number of rotatable bonds is 3. The molecule has 1 heterocycles. The smallest absolute Gasteiger partial charge is 0.336 e. The number of benzene rings is 1. The second-order valence-electron chi connectivity index (χ2n) is 4.85. The van der Waals surface area contributed by atoms with E-state index in [1.165, 1.54) is 0 Å². The highest BCUT2D eigenvalue weighted by Crippen LogP contribution is 2.21. The van der Waals surface area contributed by atoms with E-state index in [0.29, 0.717) is 22.5 Å². The molecule has 0 bridgehead atoms. The minimum atomic E-state index is -1.11. The van der Waals surface area contributed by atoms with Gasteiger partial charge in [-0.1, -0.05) is 12.1 Å². The number of carbonyl (C=O) groups is 2. The van der Waals surface area contributed by atoms with Crippen molar-refractivity contribution in [2.45, 2.75) is 20.8 Å². The van der Waals surface area contributed by atoms with Crippen LogP contribution in [0.4, 0.5) is 5.69 Å². The van der Waals surface area contributed by atoms with Crippen molar-refractivity contribution in [3.63, 3.8) is 0 Å². The first-order chi connectivity index (χ1) is 9.91. The van der Waals surface area contributed by atoms with Gasteiger partial charge in [-0.2, -0.15) is 0 Å². The Kier molecular flexibility index (Phi) is 4.03. The molecule has 2 N–H and O–H groups in total. The summed E-state index contributed by atoms with van der Waals surface area (Å²) in [5.41, 5.74) is 2.64. The molecule has 2 rings (SSSR count). The van der Waals surface area contributed by atoms with Crippen molar-refractivity contribution in [1.29, 1.82) is 0 Å². The van der Waals surface area contributed by atoms with Gasteiger partial charge in [-0.25, -0.2) is 4.79 Å². The number of carboxylic acids is 1. The van der Waals surface area contributed by atoms with Gasteiger partial charge in [0.05, 0.1) is 22.5 Å². The Balaban J connectivity index is 2.47. The summed E-state index contributed by atoms with van der Waals surface area (Å²) >= 11 is 0. The maximum atomic E-state index is 12.5. The number of nitrogens with zero attached hydrogens (tertiary/aromatic N) is 1. The first kappa shape index (κ1) is 14.7. The quantitative estimate of drug-likeness (QED) is 0.908. The van der Waals surface area contributed by atoms with Gasteiger partial charge < -0.3 is 10.4 Å². The predicted octanol–water partition coefficient (Wildman–Crippen LogP) is 2.96. The minimum absolute atomic E-state index is 0.0362. The summed E-state index contributed by atoms with van der Waals surface area (Å²) < 4.78 is 0. The monoisotopic (exact) mass is 284 g/mol. The molecule has 1 aromatic carbocycles. The van der Waals surface area contributed by atoms with E-state index < -0.39 is 11.9 Å². The first-order valence-corrected chi connectivity index (χ1v) is 6.48. The lowest BCUT2D eigenvalue weighted by Crippen LogP contribution is -2.19. The van der Waals surface area contributed by atoms with E-state index in [4.69, 9.17) is 0 Å². The molecule has 5 heteroatoms. The number of hydrogen-bond donors (Lipinski definition) is 2. The highest BCUT2D eigenvalue weighted by molar-refractivity contribution is 6.12. The van der Waals surface area contributed by atoms with E-state index >= 15 is 0 Å². The number of carboxylic acid groups (broad SMARTS) is 1. The highest BCUT2D eigenvalue weighted by atomic mass is 16.4. The number of aryl methyl sites for hydroxylation is 3. The van der Waals surface area contributed by atoms with E-state index in [0.717, 1.165) is 0 Å². The van der Waals surface area contributed by atoms with Gasteiger partial charge in [0, 0.05) is 6.20 Å². The van der Waals surface area contributed by atoms with Gasteiger partial charge in [-0.3, -0.25) is 9.78 Å². The molecule has 1 amide bonds. The molecule has 0 aliphatic carbocycles. The molecule has 0 aliphatic heterocycles. The van der Waals surface area contributed by atoms with Gasteiger partial charge in [0.15, 0.2) is 0 Å².